The molecule has 2 aromatic rings. The topological polar surface area (TPSA) is 32.3 Å². The van der Waals surface area contributed by atoms with Crippen molar-refractivity contribution in [3.8, 4) is 0 Å². The second-order valence-electron chi connectivity index (χ2n) is 7.69. The van der Waals surface area contributed by atoms with Crippen LogP contribution in [0.15, 0.2) is 72.3 Å². The summed E-state index contributed by atoms with van der Waals surface area (Å²) < 4.78 is 0. The molecule has 1 fully saturated rings. The zero-order valence-corrected chi connectivity index (χ0v) is 16.9. The molecule has 1 unspecified atom stereocenters. The maximum atomic E-state index is 13.7. The fourth-order valence-electron chi connectivity index (χ4n) is 4.25. The van der Waals surface area contributed by atoms with E-state index in [0.717, 1.165) is 36.8 Å². The van der Waals surface area contributed by atoms with E-state index in [0.29, 0.717) is 11.7 Å². The molecular formula is C24H26N2OS. The molecule has 4 heteroatoms. The maximum absolute atomic E-state index is 13.7. The molecule has 3 nitrogen and oxygen atoms in total. The number of nitrogens with zero attached hydrogens (tertiary/aromatic N) is 1. The van der Waals surface area contributed by atoms with E-state index in [4.69, 9.17) is 12.2 Å². The number of carbonyl (C=O) groups excluding carboxylic acids is 1. The van der Waals surface area contributed by atoms with Crippen molar-refractivity contribution in [1.82, 2.24) is 10.2 Å². The van der Waals surface area contributed by atoms with Gasteiger partial charge in [-0.1, -0.05) is 72.3 Å². The summed E-state index contributed by atoms with van der Waals surface area (Å²) in [5.74, 6) is 0.0592. The summed E-state index contributed by atoms with van der Waals surface area (Å²) in [5.41, 5.74) is 2.78. The highest BCUT2D eigenvalue weighted by atomic mass is 32.1. The largest absolute Gasteiger partial charge is 0.344 e. The number of hydrogen-bond donors (Lipinski definition) is 1. The van der Waals surface area contributed by atoms with Gasteiger partial charge in [0.05, 0.1) is 6.54 Å². The van der Waals surface area contributed by atoms with E-state index in [1.807, 2.05) is 60.7 Å². The zero-order valence-electron chi connectivity index (χ0n) is 16.1. The molecule has 1 N–H and O–H groups in total. The van der Waals surface area contributed by atoms with Gasteiger partial charge in [-0.2, -0.15) is 0 Å². The van der Waals surface area contributed by atoms with Crippen LogP contribution in [0.25, 0.3) is 0 Å². The van der Waals surface area contributed by atoms with Crippen LogP contribution >= 0.6 is 12.2 Å². The third-order valence-corrected chi connectivity index (χ3v) is 6.15. The van der Waals surface area contributed by atoms with Gasteiger partial charge in [-0.05, 0) is 61.9 Å². The van der Waals surface area contributed by atoms with E-state index in [1.54, 1.807) is 4.90 Å². The van der Waals surface area contributed by atoms with Gasteiger partial charge < -0.3 is 5.32 Å². The molecule has 2 aliphatic rings. The van der Waals surface area contributed by atoms with E-state index in [-0.39, 0.29) is 5.91 Å². The lowest BCUT2D eigenvalue weighted by Crippen LogP contribution is -2.44. The van der Waals surface area contributed by atoms with Crippen molar-refractivity contribution in [2.24, 2.45) is 0 Å². The molecule has 0 spiro atoms. The molecule has 1 aliphatic heterocycles. The average molecular weight is 391 g/mol. The minimum Gasteiger partial charge on any atom is -0.344 e. The van der Waals surface area contributed by atoms with Crippen molar-refractivity contribution >= 4 is 23.2 Å². The van der Waals surface area contributed by atoms with Crippen LogP contribution in [0.4, 0.5) is 0 Å². The van der Waals surface area contributed by atoms with Crippen LogP contribution in [-0.2, 0) is 16.9 Å². The van der Waals surface area contributed by atoms with E-state index >= 15 is 0 Å². The maximum Gasteiger partial charge on any atom is 0.259 e. The molecule has 1 atom stereocenters. The Morgan fingerprint density at radius 3 is 2.39 bits per heavy atom. The Hall–Kier alpha value is -2.46. The number of allylic oxidation sites excluding steroid dienone is 2. The van der Waals surface area contributed by atoms with E-state index in [2.05, 4.69) is 11.4 Å². The molecule has 1 saturated heterocycles. The smallest absolute Gasteiger partial charge is 0.259 e. The van der Waals surface area contributed by atoms with Gasteiger partial charge in [0.15, 0.2) is 5.11 Å². The predicted molar refractivity (Wildman–Crippen MR) is 117 cm³/mol. The normalized spacial score (nSPS) is 22.1. The first-order valence-corrected chi connectivity index (χ1v) is 10.5. The highest BCUT2D eigenvalue weighted by Gasteiger charge is 2.50. The molecule has 1 heterocycles. The Labute approximate surface area is 172 Å². The number of hydrogen-bond acceptors (Lipinski definition) is 2. The quantitative estimate of drug-likeness (QED) is 0.551. The van der Waals surface area contributed by atoms with Gasteiger partial charge in [0.25, 0.3) is 5.91 Å². The lowest BCUT2D eigenvalue weighted by atomic mass is 9.82. The molecule has 2 aromatic carbocycles. The first-order chi connectivity index (χ1) is 13.7. The number of rotatable bonds is 6. The molecule has 144 valence electrons. The van der Waals surface area contributed by atoms with Gasteiger partial charge in [-0.25, -0.2) is 0 Å². The van der Waals surface area contributed by atoms with Crippen LogP contribution < -0.4 is 5.32 Å². The monoisotopic (exact) mass is 390 g/mol. The highest BCUT2D eigenvalue weighted by Crippen LogP contribution is 2.36. The average Bonchev–Trinajstić information content (AvgIpc) is 2.99. The molecular weight excluding hydrogens is 364 g/mol. The van der Waals surface area contributed by atoms with Crippen LogP contribution in [0, 0.1) is 0 Å². The van der Waals surface area contributed by atoms with Crippen LogP contribution in [-0.4, -0.2) is 15.9 Å². The molecule has 4 rings (SSSR count). The number of amides is 1. The fourth-order valence-corrected chi connectivity index (χ4v) is 4.57. The summed E-state index contributed by atoms with van der Waals surface area (Å²) in [5, 5.41) is 3.95. The first kappa shape index (κ1) is 18.9. The molecule has 1 aliphatic carbocycles. The van der Waals surface area contributed by atoms with Gasteiger partial charge in [-0.3, -0.25) is 9.69 Å². The molecule has 0 aromatic heterocycles. The molecule has 0 bridgehead atoms. The summed E-state index contributed by atoms with van der Waals surface area (Å²) in [6, 6.07) is 20.1. The molecule has 0 saturated carbocycles. The van der Waals surface area contributed by atoms with Crippen LogP contribution in [0.3, 0.4) is 0 Å². The minimum atomic E-state index is -0.772. The first-order valence-electron chi connectivity index (χ1n) is 10.1. The minimum absolute atomic E-state index is 0.0592. The Balaban J connectivity index is 1.62. The standard InChI is InChI=1S/C24H26N2OS/c27-22-24(21-14-8-3-9-15-21,17-16-19-10-4-1-5-11-19)25-23(28)26(22)18-20-12-6-2-7-13-20/h2-3,6-10,12-15H,1,4-5,11,16-18H2,(H,25,28). The fraction of sp³-hybridized carbons (Fsp3) is 0.333. The summed E-state index contributed by atoms with van der Waals surface area (Å²) in [6.45, 7) is 0.503. The van der Waals surface area contributed by atoms with Crippen molar-refractivity contribution in [3.63, 3.8) is 0 Å². The Bertz CT molecular complexity index is 878. The summed E-state index contributed by atoms with van der Waals surface area (Å²) in [7, 11) is 0. The van der Waals surface area contributed by atoms with Gasteiger partial charge in [0, 0.05) is 0 Å². The summed E-state index contributed by atoms with van der Waals surface area (Å²) >= 11 is 5.62. The second-order valence-corrected chi connectivity index (χ2v) is 8.07. The van der Waals surface area contributed by atoms with Gasteiger partial charge in [0.1, 0.15) is 5.54 Å². The van der Waals surface area contributed by atoms with Gasteiger partial charge in [-0.15, -0.1) is 0 Å². The molecule has 1 amide bonds. The highest BCUT2D eigenvalue weighted by molar-refractivity contribution is 7.80. The van der Waals surface area contributed by atoms with Crippen molar-refractivity contribution in [2.75, 3.05) is 0 Å². The number of nitrogens with one attached hydrogen (secondary N) is 1. The van der Waals surface area contributed by atoms with Crippen molar-refractivity contribution in [2.45, 2.75) is 50.6 Å². The third-order valence-electron chi connectivity index (χ3n) is 5.83. The Kier molecular flexibility index (Phi) is 5.58. The second kappa shape index (κ2) is 8.27. The van der Waals surface area contributed by atoms with E-state index < -0.39 is 5.54 Å². The Morgan fingerprint density at radius 1 is 1.00 bits per heavy atom. The summed E-state index contributed by atoms with van der Waals surface area (Å²) in [4.78, 5) is 15.4. The number of benzene rings is 2. The number of carbonyl (C=O) groups is 1. The lowest BCUT2D eigenvalue weighted by molar-refractivity contribution is -0.132. The van der Waals surface area contributed by atoms with Gasteiger partial charge >= 0.3 is 0 Å². The van der Waals surface area contributed by atoms with Crippen molar-refractivity contribution in [3.05, 3.63) is 83.4 Å². The Morgan fingerprint density at radius 2 is 1.71 bits per heavy atom. The van der Waals surface area contributed by atoms with Crippen LogP contribution in [0.5, 0.6) is 0 Å². The van der Waals surface area contributed by atoms with E-state index in [1.165, 1.54) is 18.4 Å². The predicted octanol–water partition coefficient (Wildman–Crippen LogP) is 5.08. The number of thiocarbonyl (C=S) groups is 1. The van der Waals surface area contributed by atoms with Crippen LogP contribution in [0.2, 0.25) is 0 Å². The molecule has 0 radical (unpaired) electrons. The van der Waals surface area contributed by atoms with E-state index in [9.17, 15) is 4.79 Å². The lowest BCUT2D eigenvalue weighted by Gasteiger charge is -2.29. The SMILES string of the molecule is O=C1N(Cc2ccccc2)C(=S)NC1(CCC1=CCCCC1)c1ccccc1. The van der Waals surface area contributed by atoms with Crippen molar-refractivity contribution in [1.29, 1.82) is 0 Å². The van der Waals surface area contributed by atoms with Gasteiger partial charge in [0.2, 0.25) is 0 Å². The zero-order chi connectivity index (χ0) is 19.4. The third kappa shape index (κ3) is 3.74. The van der Waals surface area contributed by atoms with Crippen molar-refractivity contribution < 1.29 is 4.79 Å². The van der Waals surface area contributed by atoms with Crippen LogP contribution in [0.1, 0.15) is 49.7 Å². The molecule has 28 heavy (non-hydrogen) atoms. The summed E-state index contributed by atoms with van der Waals surface area (Å²) in [6.07, 6.45) is 8.86.